The van der Waals surface area contributed by atoms with Crippen LogP contribution in [-0.4, -0.2) is 14.1 Å². The number of aromatic nitrogens is 4. The maximum absolute atomic E-state index is 6.89. The quantitative estimate of drug-likeness (QED) is 0.127. The molecule has 0 spiro atoms. The average molecular weight is 979 g/mol. The van der Waals surface area contributed by atoms with Crippen molar-refractivity contribution in [1.29, 1.82) is 0 Å². The highest BCUT2D eigenvalue weighted by Crippen LogP contribution is 2.47. The van der Waals surface area contributed by atoms with E-state index in [-0.39, 0.29) is 21.7 Å². The van der Waals surface area contributed by atoms with Gasteiger partial charge in [0.25, 0.3) is 6.33 Å². The summed E-state index contributed by atoms with van der Waals surface area (Å²) in [6, 6.07) is 64.6. The highest BCUT2D eigenvalue weighted by molar-refractivity contribution is 6.09. The Balaban J connectivity index is 1.04. The van der Waals surface area contributed by atoms with Gasteiger partial charge < -0.3 is 4.74 Å². The van der Waals surface area contributed by atoms with E-state index in [2.05, 4.69) is 273 Å². The van der Waals surface area contributed by atoms with Gasteiger partial charge in [-0.1, -0.05) is 198 Å². The molecule has 0 atom stereocenters. The van der Waals surface area contributed by atoms with Gasteiger partial charge in [-0.05, 0) is 143 Å². The Hall–Kier alpha value is -8.02. The van der Waals surface area contributed by atoms with Crippen molar-refractivity contribution in [2.75, 3.05) is 0 Å². The summed E-state index contributed by atoms with van der Waals surface area (Å²) in [5.41, 5.74) is 20.8. The topological polar surface area (TPSA) is 35.9 Å². The van der Waals surface area contributed by atoms with E-state index in [9.17, 15) is 0 Å². The number of fused-ring (bicyclic) bond motifs is 10. The van der Waals surface area contributed by atoms with E-state index < -0.39 is 0 Å². The van der Waals surface area contributed by atoms with E-state index in [1.54, 1.807) is 0 Å². The molecule has 0 aliphatic carbocycles. The number of benzene rings is 8. The second-order valence-electron chi connectivity index (χ2n) is 24.8. The minimum Gasteiger partial charge on any atom is -0.458 e. The number of pyridine rings is 1. The van der Waals surface area contributed by atoms with Crippen molar-refractivity contribution < 1.29 is 9.30 Å². The van der Waals surface area contributed by atoms with Crippen LogP contribution < -0.4 is 9.30 Å². The zero-order valence-corrected chi connectivity index (χ0v) is 45.5. The molecule has 5 nitrogen and oxygen atoms in total. The van der Waals surface area contributed by atoms with Crippen molar-refractivity contribution in [2.45, 2.75) is 105 Å². The normalized spacial score (nSPS) is 12.8. The summed E-state index contributed by atoms with van der Waals surface area (Å²) < 4.78 is 13.7. The fourth-order valence-electron chi connectivity index (χ4n) is 11.2. The molecule has 0 saturated carbocycles. The predicted octanol–water partition coefficient (Wildman–Crippen LogP) is 18.2. The Morgan fingerprint density at radius 1 is 0.427 bits per heavy atom. The third kappa shape index (κ3) is 8.34. The molecule has 4 heterocycles. The monoisotopic (exact) mass is 979 g/mol. The SMILES string of the molecule is CC(C)(C)c1cc(-c2ccc3c(c2)-c2cccc(C(C)(C)C)c2-[n+]2[c-]n(-c4cccc(Oc5ccc6c7ccccc7n(-c7cc(C(C)(C)C)ccn7)c6c5)c4)c4cccc(c42)-c2ccccc2-3)cc(C(C)(C)C)c1. The molecule has 0 saturated heterocycles. The summed E-state index contributed by atoms with van der Waals surface area (Å²) in [5.74, 6) is 2.36. The molecule has 75 heavy (non-hydrogen) atoms. The van der Waals surface area contributed by atoms with Crippen molar-refractivity contribution in [3.8, 4) is 73.2 Å². The van der Waals surface area contributed by atoms with Crippen LogP contribution in [-0.2, 0) is 21.7 Å². The minimum atomic E-state index is -0.205. The first-order chi connectivity index (χ1) is 35.7. The molecular formula is C70H66N4O. The number of hydrogen-bond donors (Lipinski definition) is 0. The van der Waals surface area contributed by atoms with Gasteiger partial charge in [-0.15, -0.1) is 0 Å². The van der Waals surface area contributed by atoms with Crippen LogP contribution in [0.4, 0.5) is 0 Å². The van der Waals surface area contributed by atoms with Crippen molar-refractivity contribution >= 4 is 32.8 Å². The molecule has 0 bridgehead atoms. The molecule has 11 aromatic rings. The molecule has 0 radical (unpaired) electrons. The lowest BCUT2D eigenvalue weighted by Gasteiger charge is -2.27. The Morgan fingerprint density at radius 3 is 1.77 bits per heavy atom. The van der Waals surface area contributed by atoms with Gasteiger partial charge in [0.05, 0.1) is 33.4 Å². The second-order valence-corrected chi connectivity index (χ2v) is 24.8. The minimum absolute atomic E-state index is 0.0126. The van der Waals surface area contributed by atoms with E-state index >= 15 is 0 Å². The summed E-state index contributed by atoms with van der Waals surface area (Å²) in [6.45, 7) is 27.6. The highest BCUT2D eigenvalue weighted by Gasteiger charge is 2.30. The molecule has 8 aromatic carbocycles. The van der Waals surface area contributed by atoms with E-state index in [1.807, 2.05) is 12.3 Å². The summed E-state index contributed by atoms with van der Waals surface area (Å²) in [6.07, 6.45) is 5.93. The van der Waals surface area contributed by atoms with Gasteiger partial charge in [-0.3, -0.25) is 13.7 Å². The molecule has 372 valence electrons. The maximum atomic E-state index is 6.89. The predicted molar refractivity (Wildman–Crippen MR) is 312 cm³/mol. The highest BCUT2D eigenvalue weighted by atomic mass is 16.5. The first-order valence-electron chi connectivity index (χ1n) is 26.5. The smallest absolute Gasteiger partial charge is 0.269 e. The summed E-state index contributed by atoms with van der Waals surface area (Å²) in [4.78, 5) is 4.92. The van der Waals surface area contributed by atoms with Gasteiger partial charge in [-0.25, -0.2) is 4.98 Å². The Bertz CT molecular complexity index is 4050. The zero-order chi connectivity index (χ0) is 52.3. The summed E-state index contributed by atoms with van der Waals surface area (Å²) in [5, 5.41) is 2.33. The number of imidazole rings is 1. The van der Waals surface area contributed by atoms with Crippen LogP contribution in [0.2, 0.25) is 0 Å². The van der Waals surface area contributed by atoms with E-state index in [0.717, 1.165) is 61.7 Å². The van der Waals surface area contributed by atoms with Crippen LogP contribution in [0.15, 0.2) is 182 Å². The molecule has 12 rings (SSSR count). The number of hydrogen-bond acceptors (Lipinski definition) is 2. The average Bonchev–Trinajstić information content (AvgIpc) is 3.95. The van der Waals surface area contributed by atoms with Crippen LogP contribution in [0.5, 0.6) is 11.5 Å². The van der Waals surface area contributed by atoms with Gasteiger partial charge >= 0.3 is 0 Å². The van der Waals surface area contributed by atoms with Crippen LogP contribution in [0.1, 0.15) is 105 Å². The first kappa shape index (κ1) is 48.0. The Kier molecular flexibility index (Phi) is 11.0. The Morgan fingerprint density at radius 2 is 1.04 bits per heavy atom. The number of para-hydroxylation sites is 3. The molecule has 3 aromatic heterocycles. The van der Waals surface area contributed by atoms with Crippen LogP contribution >= 0.6 is 0 Å². The van der Waals surface area contributed by atoms with Gasteiger partial charge in [0.1, 0.15) is 17.3 Å². The first-order valence-corrected chi connectivity index (χ1v) is 26.5. The van der Waals surface area contributed by atoms with Gasteiger partial charge in [0.2, 0.25) is 0 Å². The van der Waals surface area contributed by atoms with E-state index in [4.69, 9.17) is 9.72 Å². The molecule has 5 heteroatoms. The van der Waals surface area contributed by atoms with E-state index in [0.29, 0.717) is 0 Å². The molecule has 0 unspecified atom stereocenters. The fourth-order valence-corrected chi connectivity index (χ4v) is 11.2. The van der Waals surface area contributed by atoms with Gasteiger partial charge in [-0.2, -0.15) is 0 Å². The second kappa shape index (κ2) is 17.3. The molecule has 0 amide bonds. The van der Waals surface area contributed by atoms with E-state index in [1.165, 1.54) is 66.6 Å². The number of nitrogens with zero attached hydrogens (tertiary/aromatic N) is 4. The lowest BCUT2D eigenvalue weighted by molar-refractivity contribution is -0.572. The van der Waals surface area contributed by atoms with Crippen molar-refractivity contribution in [2.24, 2.45) is 0 Å². The Labute approximate surface area is 442 Å². The maximum Gasteiger partial charge on any atom is 0.269 e. The van der Waals surface area contributed by atoms with Crippen LogP contribution in [0.25, 0.3) is 94.5 Å². The third-order valence-electron chi connectivity index (χ3n) is 15.4. The number of ether oxygens (including phenoxy) is 1. The van der Waals surface area contributed by atoms with Crippen molar-refractivity contribution in [3.63, 3.8) is 0 Å². The summed E-state index contributed by atoms with van der Waals surface area (Å²) >= 11 is 0. The lowest BCUT2D eigenvalue weighted by Crippen LogP contribution is -2.35. The van der Waals surface area contributed by atoms with Crippen LogP contribution in [0.3, 0.4) is 0 Å². The molecule has 1 aliphatic rings. The van der Waals surface area contributed by atoms with Crippen LogP contribution in [0, 0.1) is 6.33 Å². The van der Waals surface area contributed by atoms with Gasteiger partial charge in [0, 0.05) is 23.0 Å². The zero-order valence-electron chi connectivity index (χ0n) is 45.5. The molecule has 0 N–H and O–H groups in total. The number of rotatable bonds is 5. The van der Waals surface area contributed by atoms with Crippen molar-refractivity contribution in [1.82, 2.24) is 14.1 Å². The molecule has 0 fully saturated rings. The third-order valence-corrected chi connectivity index (χ3v) is 15.4. The van der Waals surface area contributed by atoms with Crippen molar-refractivity contribution in [3.05, 3.63) is 211 Å². The lowest BCUT2D eigenvalue weighted by atomic mass is 9.78. The largest absolute Gasteiger partial charge is 0.458 e. The fraction of sp³-hybridized carbons (Fsp3) is 0.229. The summed E-state index contributed by atoms with van der Waals surface area (Å²) in [7, 11) is 0. The molecule has 1 aliphatic heterocycles. The van der Waals surface area contributed by atoms with Gasteiger partial charge in [0.15, 0.2) is 0 Å². The standard InChI is InChI=1S/C70H66N4O/c1-67(2,3)46-34-35-71-64(40-46)74-61-28-16-15-24-55(61)56-33-31-51(42-63(56)74)75-50-21-17-20-49(41-50)72-43-73-65-58(25-18-27-60(65)70(10,11)12)59-38-44(45-36-47(68(4,5)6)39-48(37-45)69(7,8)9)30-32-54(59)52-22-13-14-23-53(52)57-26-19-29-62(72)66(57)73/h13-42H,1-12H3. The molecular weight excluding hydrogens is 913 g/mol.